The molecule has 1 atom stereocenters. The Balaban J connectivity index is 2.41. The summed E-state index contributed by atoms with van der Waals surface area (Å²) in [5, 5.41) is 3.61. The lowest BCUT2D eigenvalue weighted by atomic mass is 10.0. The minimum absolute atomic E-state index is 0.242. The van der Waals surface area contributed by atoms with Gasteiger partial charge in [-0.15, -0.1) is 0 Å². The Hall–Kier alpha value is -1.32. The van der Waals surface area contributed by atoms with Gasteiger partial charge in [-0.25, -0.2) is 4.39 Å². The van der Waals surface area contributed by atoms with Gasteiger partial charge in [0, 0.05) is 11.4 Å². The fourth-order valence-electron chi connectivity index (χ4n) is 1.93. The molecule has 0 aliphatic carbocycles. The quantitative estimate of drug-likeness (QED) is 0.908. The first kappa shape index (κ1) is 13.1. The summed E-state index contributed by atoms with van der Waals surface area (Å²) in [4.78, 5) is 0. The molecule has 2 nitrogen and oxygen atoms in total. The molecule has 1 N–H and O–H groups in total. The van der Waals surface area contributed by atoms with Crippen molar-refractivity contribution in [2.75, 3.05) is 7.05 Å². The molecule has 0 bridgehead atoms. The van der Waals surface area contributed by atoms with Crippen molar-refractivity contribution in [2.24, 2.45) is 0 Å². The van der Waals surface area contributed by atoms with E-state index in [4.69, 9.17) is 16.0 Å². The van der Waals surface area contributed by atoms with Crippen LogP contribution in [0.4, 0.5) is 4.39 Å². The van der Waals surface area contributed by atoms with E-state index in [0.29, 0.717) is 10.6 Å². The summed E-state index contributed by atoms with van der Waals surface area (Å²) in [5.41, 5.74) is 0.677. The van der Waals surface area contributed by atoms with Crippen molar-refractivity contribution in [1.29, 1.82) is 0 Å². The highest BCUT2D eigenvalue weighted by atomic mass is 35.5. The van der Waals surface area contributed by atoms with Crippen LogP contribution in [0.15, 0.2) is 34.7 Å². The second-order valence-electron chi connectivity index (χ2n) is 4.05. The Morgan fingerprint density at radius 2 is 2.11 bits per heavy atom. The van der Waals surface area contributed by atoms with E-state index < -0.39 is 0 Å². The molecule has 0 spiro atoms. The van der Waals surface area contributed by atoms with Gasteiger partial charge in [0.2, 0.25) is 0 Å². The molecule has 0 aliphatic heterocycles. The summed E-state index contributed by atoms with van der Waals surface area (Å²) in [5.74, 6) is 1.33. The number of aryl methyl sites for hydroxylation is 1. The van der Waals surface area contributed by atoms with Crippen molar-refractivity contribution in [3.63, 3.8) is 0 Å². The van der Waals surface area contributed by atoms with Crippen molar-refractivity contribution in [3.05, 3.63) is 58.3 Å². The number of furan rings is 1. The molecule has 4 heteroatoms. The largest absolute Gasteiger partial charge is 0.464 e. The van der Waals surface area contributed by atoms with E-state index in [1.807, 2.05) is 19.1 Å². The van der Waals surface area contributed by atoms with Crippen molar-refractivity contribution in [1.82, 2.24) is 5.32 Å². The van der Waals surface area contributed by atoms with E-state index in [1.54, 1.807) is 13.1 Å². The van der Waals surface area contributed by atoms with Gasteiger partial charge in [0.05, 0.1) is 6.04 Å². The summed E-state index contributed by atoms with van der Waals surface area (Å²) in [7, 11) is 1.79. The molecule has 0 aliphatic rings. The number of hydrogen-bond donors (Lipinski definition) is 1. The number of rotatable bonds is 4. The maximum Gasteiger partial charge on any atom is 0.125 e. The maximum atomic E-state index is 13.3. The van der Waals surface area contributed by atoms with Crippen LogP contribution in [-0.2, 0) is 6.42 Å². The SMILES string of the molecule is CCc1ccc(C(NC)c2cc(F)ccc2Cl)o1. The maximum absolute atomic E-state index is 13.3. The van der Waals surface area contributed by atoms with Crippen LogP contribution in [0.1, 0.15) is 30.0 Å². The molecule has 0 fully saturated rings. The zero-order chi connectivity index (χ0) is 13.1. The lowest BCUT2D eigenvalue weighted by Gasteiger charge is -2.15. The van der Waals surface area contributed by atoms with Crippen LogP contribution in [0.2, 0.25) is 5.02 Å². The van der Waals surface area contributed by atoms with E-state index in [1.165, 1.54) is 12.1 Å². The zero-order valence-electron chi connectivity index (χ0n) is 10.3. The van der Waals surface area contributed by atoms with Crippen LogP contribution < -0.4 is 5.32 Å². The minimum Gasteiger partial charge on any atom is -0.464 e. The summed E-state index contributed by atoms with van der Waals surface area (Å²) < 4.78 is 19.0. The second kappa shape index (κ2) is 5.55. The van der Waals surface area contributed by atoms with Crippen molar-refractivity contribution < 1.29 is 8.81 Å². The molecule has 1 aromatic heterocycles. The van der Waals surface area contributed by atoms with Crippen molar-refractivity contribution >= 4 is 11.6 Å². The third-order valence-electron chi connectivity index (χ3n) is 2.87. The zero-order valence-corrected chi connectivity index (χ0v) is 11.1. The van der Waals surface area contributed by atoms with Gasteiger partial charge in [-0.05, 0) is 42.9 Å². The first-order valence-corrected chi connectivity index (χ1v) is 6.24. The summed E-state index contributed by atoms with van der Waals surface area (Å²) >= 11 is 6.11. The molecular formula is C14H15ClFNO. The van der Waals surface area contributed by atoms with Crippen LogP contribution in [0.5, 0.6) is 0 Å². The molecule has 1 unspecified atom stereocenters. The van der Waals surface area contributed by atoms with Gasteiger partial charge in [0.25, 0.3) is 0 Å². The highest BCUT2D eigenvalue weighted by Crippen LogP contribution is 2.29. The monoisotopic (exact) mass is 267 g/mol. The van der Waals surface area contributed by atoms with Gasteiger partial charge < -0.3 is 9.73 Å². The standard InChI is InChI=1S/C14H15ClFNO/c1-3-10-5-7-13(18-10)14(17-2)11-8-9(16)4-6-12(11)15/h4-8,14,17H,3H2,1-2H3. The topological polar surface area (TPSA) is 25.2 Å². The van der Waals surface area contributed by atoms with E-state index in [0.717, 1.165) is 17.9 Å². The first-order chi connectivity index (χ1) is 8.65. The van der Waals surface area contributed by atoms with Gasteiger partial charge >= 0.3 is 0 Å². The van der Waals surface area contributed by atoms with Crippen molar-refractivity contribution in [2.45, 2.75) is 19.4 Å². The molecule has 0 amide bonds. The van der Waals surface area contributed by atoms with Crippen LogP contribution in [0.25, 0.3) is 0 Å². The average Bonchev–Trinajstić information content (AvgIpc) is 2.83. The number of hydrogen-bond acceptors (Lipinski definition) is 2. The number of benzene rings is 1. The molecule has 1 heterocycles. The van der Waals surface area contributed by atoms with Crippen LogP contribution >= 0.6 is 11.6 Å². The van der Waals surface area contributed by atoms with E-state index in [9.17, 15) is 4.39 Å². The Bertz CT molecular complexity index is 538. The molecule has 0 saturated heterocycles. The Kier molecular flexibility index (Phi) is 4.04. The predicted octanol–water partition coefficient (Wildman–Crippen LogP) is 3.94. The third-order valence-corrected chi connectivity index (χ3v) is 3.22. The molecule has 2 aromatic rings. The third kappa shape index (κ3) is 2.57. The molecule has 0 radical (unpaired) electrons. The lowest BCUT2D eigenvalue weighted by Crippen LogP contribution is -2.17. The second-order valence-corrected chi connectivity index (χ2v) is 4.45. The Labute approximate surface area is 111 Å². The molecule has 2 rings (SSSR count). The number of halogens is 2. The van der Waals surface area contributed by atoms with E-state index >= 15 is 0 Å². The van der Waals surface area contributed by atoms with E-state index in [2.05, 4.69) is 5.32 Å². The van der Waals surface area contributed by atoms with Crippen molar-refractivity contribution in [3.8, 4) is 0 Å². The molecule has 96 valence electrons. The molecule has 1 aromatic carbocycles. The Morgan fingerprint density at radius 1 is 1.33 bits per heavy atom. The van der Waals surface area contributed by atoms with Gasteiger partial charge in [0.1, 0.15) is 17.3 Å². The fourth-order valence-corrected chi connectivity index (χ4v) is 2.15. The van der Waals surface area contributed by atoms with Gasteiger partial charge in [0.15, 0.2) is 0 Å². The van der Waals surface area contributed by atoms with Gasteiger partial charge in [-0.3, -0.25) is 0 Å². The van der Waals surface area contributed by atoms with Gasteiger partial charge in [-0.2, -0.15) is 0 Å². The normalized spacial score (nSPS) is 12.7. The summed E-state index contributed by atoms with van der Waals surface area (Å²) in [6, 6.07) is 7.90. The Morgan fingerprint density at radius 3 is 2.72 bits per heavy atom. The van der Waals surface area contributed by atoms with Crippen LogP contribution in [-0.4, -0.2) is 7.05 Å². The molecule has 18 heavy (non-hydrogen) atoms. The van der Waals surface area contributed by atoms with Crippen LogP contribution in [0.3, 0.4) is 0 Å². The summed E-state index contributed by atoms with van der Waals surface area (Å²) in [6.07, 6.45) is 0.827. The molecular weight excluding hydrogens is 253 g/mol. The highest BCUT2D eigenvalue weighted by molar-refractivity contribution is 6.31. The smallest absolute Gasteiger partial charge is 0.125 e. The number of nitrogens with one attached hydrogen (secondary N) is 1. The average molecular weight is 268 g/mol. The van der Waals surface area contributed by atoms with E-state index in [-0.39, 0.29) is 11.9 Å². The fraction of sp³-hybridized carbons (Fsp3) is 0.286. The van der Waals surface area contributed by atoms with Gasteiger partial charge in [-0.1, -0.05) is 18.5 Å². The highest BCUT2D eigenvalue weighted by Gasteiger charge is 2.19. The minimum atomic E-state index is -0.308. The lowest BCUT2D eigenvalue weighted by molar-refractivity contribution is 0.433. The first-order valence-electron chi connectivity index (χ1n) is 5.86. The predicted molar refractivity (Wildman–Crippen MR) is 70.4 cm³/mol. The summed E-state index contributed by atoms with van der Waals surface area (Å²) in [6.45, 7) is 2.02. The van der Waals surface area contributed by atoms with Crippen LogP contribution in [0, 0.1) is 5.82 Å². The molecule has 0 saturated carbocycles.